The van der Waals surface area contributed by atoms with E-state index in [1.807, 2.05) is 0 Å². The molecule has 0 unspecified atom stereocenters. The SMILES string of the molecule is CN=C(NCCc1ccc(S(N)(=O)=O)cc1)N1CCC(CC(=O)NC)CC1.I. The first-order valence-electron chi connectivity index (χ1n) is 9.11. The van der Waals surface area contributed by atoms with Crippen molar-refractivity contribution in [2.75, 3.05) is 33.7 Å². The van der Waals surface area contributed by atoms with Gasteiger partial charge >= 0.3 is 0 Å². The molecule has 0 bridgehead atoms. The molecule has 1 aromatic carbocycles. The van der Waals surface area contributed by atoms with Crippen LogP contribution in [0.25, 0.3) is 0 Å². The average molecular weight is 523 g/mol. The number of amides is 1. The number of primary sulfonamides is 1. The summed E-state index contributed by atoms with van der Waals surface area (Å²) in [5.74, 6) is 1.38. The highest BCUT2D eigenvalue weighted by molar-refractivity contribution is 14.0. The van der Waals surface area contributed by atoms with Gasteiger partial charge in [-0.25, -0.2) is 13.6 Å². The number of piperidine rings is 1. The largest absolute Gasteiger partial charge is 0.359 e. The molecule has 1 saturated heterocycles. The van der Waals surface area contributed by atoms with E-state index in [4.69, 9.17) is 5.14 Å². The Balaban J connectivity index is 0.00000392. The third kappa shape index (κ3) is 7.55. The first-order valence-corrected chi connectivity index (χ1v) is 10.7. The predicted octanol–water partition coefficient (Wildman–Crippen LogP) is 0.918. The number of benzene rings is 1. The molecule has 0 atom stereocenters. The summed E-state index contributed by atoms with van der Waals surface area (Å²) >= 11 is 0. The molecule has 4 N–H and O–H groups in total. The van der Waals surface area contributed by atoms with E-state index < -0.39 is 10.0 Å². The van der Waals surface area contributed by atoms with E-state index in [0.717, 1.165) is 43.9 Å². The van der Waals surface area contributed by atoms with Crippen molar-refractivity contribution in [2.45, 2.75) is 30.6 Å². The molecule has 10 heteroatoms. The topological polar surface area (TPSA) is 117 Å². The van der Waals surface area contributed by atoms with E-state index in [2.05, 4.69) is 20.5 Å². The number of nitrogens with two attached hydrogens (primary N) is 1. The Bertz CT molecular complexity index is 760. The van der Waals surface area contributed by atoms with E-state index in [9.17, 15) is 13.2 Å². The first kappa shape index (κ1) is 24.6. The zero-order valence-corrected chi connectivity index (χ0v) is 19.5. The second-order valence-electron chi connectivity index (χ2n) is 6.72. The first-order chi connectivity index (χ1) is 12.8. The Hall–Kier alpha value is -1.40. The lowest BCUT2D eigenvalue weighted by Gasteiger charge is -2.34. The van der Waals surface area contributed by atoms with Gasteiger partial charge in [-0.3, -0.25) is 9.79 Å². The molecule has 0 aromatic heterocycles. The van der Waals surface area contributed by atoms with Gasteiger partial charge in [-0.05, 0) is 42.9 Å². The zero-order valence-electron chi connectivity index (χ0n) is 16.3. The second-order valence-corrected chi connectivity index (χ2v) is 8.28. The fourth-order valence-corrected chi connectivity index (χ4v) is 3.73. The van der Waals surface area contributed by atoms with E-state index in [0.29, 0.717) is 18.9 Å². The third-order valence-corrected chi connectivity index (χ3v) is 5.76. The maximum Gasteiger partial charge on any atom is 0.238 e. The number of sulfonamides is 1. The minimum atomic E-state index is -3.65. The van der Waals surface area contributed by atoms with Crippen LogP contribution < -0.4 is 15.8 Å². The monoisotopic (exact) mass is 523 g/mol. The summed E-state index contributed by atoms with van der Waals surface area (Å²) in [5, 5.41) is 11.1. The third-order valence-electron chi connectivity index (χ3n) is 4.83. The Labute approximate surface area is 184 Å². The summed E-state index contributed by atoms with van der Waals surface area (Å²) in [4.78, 5) is 18.2. The smallest absolute Gasteiger partial charge is 0.238 e. The molecule has 1 fully saturated rings. The van der Waals surface area contributed by atoms with Crippen LogP contribution in [-0.4, -0.2) is 58.9 Å². The molecular formula is C18H30IN5O3S. The number of likely N-dealkylation sites (tertiary alicyclic amines) is 1. The minimum Gasteiger partial charge on any atom is -0.359 e. The van der Waals surface area contributed by atoms with Gasteiger partial charge in [0.2, 0.25) is 15.9 Å². The van der Waals surface area contributed by atoms with Crippen molar-refractivity contribution in [1.29, 1.82) is 0 Å². The summed E-state index contributed by atoms with van der Waals surface area (Å²) in [6.07, 6.45) is 3.29. The highest BCUT2D eigenvalue weighted by Crippen LogP contribution is 2.20. The van der Waals surface area contributed by atoms with Crippen LogP contribution in [0.15, 0.2) is 34.2 Å². The molecule has 158 valence electrons. The number of nitrogens with zero attached hydrogens (tertiary/aromatic N) is 2. The Morgan fingerprint density at radius 3 is 2.36 bits per heavy atom. The highest BCUT2D eigenvalue weighted by atomic mass is 127. The number of halogens is 1. The number of rotatable bonds is 6. The van der Waals surface area contributed by atoms with Gasteiger partial charge in [0.05, 0.1) is 4.90 Å². The van der Waals surface area contributed by atoms with E-state index in [-0.39, 0.29) is 34.8 Å². The summed E-state index contributed by atoms with van der Waals surface area (Å²) in [7, 11) is -0.216. The number of nitrogens with one attached hydrogen (secondary N) is 2. The summed E-state index contributed by atoms with van der Waals surface area (Å²) < 4.78 is 22.6. The summed E-state index contributed by atoms with van der Waals surface area (Å²) in [5.41, 5.74) is 1.02. The van der Waals surface area contributed by atoms with Crippen LogP contribution >= 0.6 is 24.0 Å². The average Bonchev–Trinajstić information content (AvgIpc) is 2.65. The zero-order chi connectivity index (χ0) is 19.9. The molecule has 1 heterocycles. The summed E-state index contributed by atoms with van der Waals surface area (Å²) in [6, 6.07) is 6.59. The van der Waals surface area contributed by atoms with Gasteiger partial charge in [0.25, 0.3) is 0 Å². The van der Waals surface area contributed by atoms with Crippen molar-refractivity contribution >= 4 is 45.9 Å². The van der Waals surface area contributed by atoms with Gasteiger partial charge in [0.1, 0.15) is 0 Å². The lowest BCUT2D eigenvalue weighted by atomic mass is 9.93. The number of guanidine groups is 1. The highest BCUT2D eigenvalue weighted by Gasteiger charge is 2.22. The van der Waals surface area contributed by atoms with Crippen LogP contribution in [-0.2, 0) is 21.2 Å². The Morgan fingerprint density at radius 2 is 1.86 bits per heavy atom. The van der Waals surface area contributed by atoms with Crippen molar-refractivity contribution in [3.8, 4) is 0 Å². The normalized spacial score (nSPS) is 15.7. The Morgan fingerprint density at radius 1 is 1.25 bits per heavy atom. The van der Waals surface area contributed by atoms with Gasteiger partial charge in [-0.15, -0.1) is 24.0 Å². The van der Waals surface area contributed by atoms with Crippen LogP contribution in [0.5, 0.6) is 0 Å². The van der Waals surface area contributed by atoms with Gasteiger partial charge in [-0.2, -0.15) is 0 Å². The number of carbonyl (C=O) groups is 1. The molecule has 0 radical (unpaired) electrons. The van der Waals surface area contributed by atoms with Crippen LogP contribution in [0.4, 0.5) is 0 Å². The van der Waals surface area contributed by atoms with E-state index in [1.165, 1.54) is 12.1 Å². The molecular weight excluding hydrogens is 493 g/mol. The molecule has 1 amide bonds. The quantitative estimate of drug-likeness (QED) is 0.291. The number of hydrogen-bond acceptors (Lipinski definition) is 4. The maximum absolute atomic E-state index is 11.5. The van der Waals surface area contributed by atoms with Crippen molar-refractivity contribution < 1.29 is 13.2 Å². The standard InChI is InChI=1S/C18H29N5O3S.HI/c1-20-17(24)13-15-8-11-23(12-9-15)18(21-2)22-10-7-14-3-5-16(6-4-14)27(19,25)26;/h3-6,15H,7-13H2,1-2H3,(H,20,24)(H,21,22)(H2,19,25,26);1H. The molecule has 0 aliphatic carbocycles. The molecule has 0 saturated carbocycles. The minimum absolute atomic E-state index is 0. The lowest BCUT2D eigenvalue weighted by molar-refractivity contribution is -0.121. The molecule has 2 rings (SSSR count). The van der Waals surface area contributed by atoms with Gasteiger partial charge in [0, 0.05) is 40.2 Å². The number of hydrogen-bond donors (Lipinski definition) is 3. The van der Waals surface area contributed by atoms with Crippen LogP contribution in [0.3, 0.4) is 0 Å². The number of aliphatic imine (C=N–C) groups is 1. The van der Waals surface area contributed by atoms with Crippen molar-refractivity contribution in [3.63, 3.8) is 0 Å². The molecule has 1 aromatic rings. The second kappa shape index (κ2) is 11.6. The fraction of sp³-hybridized carbons (Fsp3) is 0.556. The van der Waals surface area contributed by atoms with Gasteiger partial charge in [-0.1, -0.05) is 12.1 Å². The van der Waals surface area contributed by atoms with Crippen molar-refractivity contribution in [2.24, 2.45) is 16.0 Å². The number of carbonyl (C=O) groups excluding carboxylic acids is 1. The van der Waals surface area contributed by atoms with E-state index >= 15 is 0 Å². The molecule has 1 aliphatic heterocycles. The predicted molar refractivity (Wildman–Crippen MR) is 121 cm³/mol. The fourth-order valence-electron chi connectivity index (χ4n) is 3.21. The van der Waals surface area contributed by atoms with E-state index in [1.54, 1.807) is 26.2 Å². The maximum atomic E-state index is 11.5. The van der Waals surface area contributed by atoms with Crippen LogP contribution in [0.1, 0.15) is 24.8 Å². The van der Waals surface area contributed by atoms with Crippen molar-refractivity contribution in [3.05, 3.63) is 29.8 Å². The molecule has 0 spiro atoms. The summed E-state index contributed by atoms with van der Waals surface area (Å²) in [6.45, 7) is 2.45. The van der Waals surface area contributed by atoms with Gasteiger partial charge < -0.3 is 15.5 Å². The van der Waals surface area contributed by atoms with Crippen LogP contribution in [0.2, 0.25) is 0 Å². The van der Waals surface area contributed by atoms with Crippen LogP contribution in [0, 0.1) is 5.92 Å². The van der Waals surface area contributed by atoms with Gasteiger partial charge in [0.15, 0.2) is 5.96 Å². The lowest BCUT2D eigenvalue weighted by Crippen LogP contribution is -2.46. The molecule has 8 nitrogen and oxygen atoms in total. The van der Waals surface area contributed by atoms with Crippen molar-refractivity contribution in [1.82, 2.24) is 15.5 Å². The molecule has 1 aliphatic rings. The Kier molecular flexibility index (Phi) is 10.2. The molecule has 28 heavy (non-hydrogen) atoms.